The third-order valence-corrected chi connectivity index (χ3v) is 3.58. The Kier molecular flexibility index (Phi) is 6.42. The van der Waals surface area contributed by atoms with Crippen LogP contribution in [0.5, 0.6) is 5.75 Å². The van der Waals surface area contributed by atoms with Crippen LogP contribution in [0.3, 0.4) is 0 Å². The molecule has 1 saturated heterocycles. The minimum atomic E-state index is -0.281. The summed E-state index contributed by atoms with van der Waals surface area (Å²) in [5.41, 5.74) is 0.654. The molecule has 0 aliphatic carbocycles. The number of benzene rings is 1. The summed E-state index contributed by atoms with van der Waals surface area (Å²) in [6.07, 6.45) is 2.15. The predicted molar refractivity (Wildman–Crippen MR) is 79.0 cm³/mol. The fourth-order valence-electron chi connectivity index (χ4n) is 2.50. The molecule has 1 unspecified atom stereocenters. The van der Waals surface area contributed by atoms with Gasteiger partial charge in [-0.1, -0.05) is 19.1 Å². The number of hydrogen-bond acceptors (Lipinski definition) is 4. The number of hydrogen-bond donors (Lipinski definition) is 1. The van der Waals surface area contributed by atoms with Gasteiger partial charge in [0, 0.05) is 12.5 Å². The van der Waals surface area contributed by atoms with Crippen LogP contribution in [0.15, 0.2) is 18.2 Å². The van der Waals surface area contributed by atoms with Crippen molar-refractivity contribution in [1.82, 2.24) is 5.32 Å². The molecular formula is C16H24FNO3. The molecule has 21 heavy (non-hydrogen) atoms. The quantitative estimate of drug-likeness (QED) is 0.800. The Morgan fingerprint density at radius 2 is 2.14 bits per heavy atom. The normalized spacial score (nSPS) is 17.1. The van der Waals surface area contributed by atoms with Gasteiger partial charge in [-0.15, -0.1) is 0 Å². The van der Waals surface area contributed by atoms with Gasteiger partial charge in [0.25, 0.3) is 0 Å². The topological polar surface area (TPSA) is 39.7 Å². The highest BCUT2D eigenvalue weighted by Gasteiger charge is 2.22. The second-order valence-corrected chi connectivity index (χ2v) is 5.20. The van der Waals surface area contributed by atoms with Gasteiger partial charge in [0.15, 0.2) is 17.9 Å². The molecule has 0 amide bonds. The molecule has 1 N–H and O–H groups in total. The van der Waals surface area contributed by atoms with Crippen LogP contribution in [0.1, 0.15) is 25.3 Å². The number of nitrogens with one attached hydrogen (secondary N) is 1. The van der Waals surface area contributed by atoms with Crippen LogP contribution >= 0.6 is 0 Å². The van der Waals surface area contributed by atoms with E-state index in [0.717, 1.165) is 19.4 Å². The Morgan fingerprint density at radius 3 is 2.81 bits per heavy atom. The molecule has 1 aromatic rings. The van der Waals surface area contributed by atoms with Crippen LogP contribution in [0, 0.1) is 5.82 Å². The van der Waals surface area contributed by atoms with Crippen molar-refractivity contribution in [2.45, 2.75) is 38.5 Å². The zero-order chi connectivity index (χ0) is 15.1. The van der Waals surface area contributed by atoms with E-state index in [2.05, 4.69) is 12.2 Å². The van der Waals surface area contributed by atoms with Crippen LogP contribution in [-0.2, 0) is 15.9 Å². The number of ether oxygens (including phenoxy) is 3. The summed E-state index contributed by atoms with van der Waals surface area (Å²) in [7, 11) is 1.48. The lowest BCUT2D eigenvalue weighted by atomic mass is 10.0. The average molecular weight is 297 g/mol. The van der Waals surface area contributed by atoms with Crippen molar-refractivity contribution in [2.24, 2.45) is 0 Å². The third-order valence-electron chi connectivity index (χ3n) is 3.58. The van der Waals surface area contributed by atoms with Crippen molar-refractivity contribution in [3.63, 3.8) is 0 Å². The number of methoxy groups -OCH3 is 1. The zero-order valence-corrected chi connectivity index (χ0v) is 12.7. The first-order chi connectivity index (χ1) is 10.2. The smallest absolute Gasteiger partial charge is 0.168 e. The van der Waals surface area contributed by atoms with Crippen molar-refractivity contribution < 1.29 is 18.6 Å². The molecule has 118 valence electrons. The average Bonchev–Trinajstić information content (AvgIpc) is 3.00. The summed E-state index contributed by atoms with van der Waals surface area (Å²) in [5, 5.41) is 3.44. The van der Waals surface area contributed by atoms with Crippen molar-refractivity contribution in [3.05, 3.63) is 29.6 Å². The first-order valence-electron chi connectivity index (χ1n) is 7.52. The number of halogens is 1. The molecule has 1 aliphatic rings. The Bertz CT molecular complexity index is 436. The fraction of sp³-hybridized carbons (Fsp3) is 0.625. The van der Waals surface area contributed by atoms with E-state index in [1.165, 1.54) is 7.11 Å². The van der Waals surface area contributed by atoms with Crippen LogP contribution < -0.4 is 10.1 Å². The standard InChI is InChI=1S/C16H24FNO3/c1-3-7-18-13(11-15-20-8-9-21-15)10-12-5-4-6-14(19-2)16(12)17/h4-6,13,15,18H,3,7-11H2,1-2H3. The molecule has 5 heteroatoms. The summed E-state index contributed by atoms with van der Waals surface area (Å²) in [5.74, 6) is 0.00617. The second kappa shape index (κ2) is 8.32. The summed E-state index contributed by atoms with van der Waals surface area (Å²) in [6, 6.07) is 5.37. The van der Waals surface area contributed by atoms with Crippen molar-refractivity contribution in [3.8, 4) is 5.75 Å². The largest absolute Gasteiger partial charge is 0.494 e. The van der Waals surface area contributed by atoms with Gasteiger partial charge >= 0.3 is 0 Å². The van der Waals surface area contributed by atoms with Gasteiger partial charge in [-0.25, -0.2) is 4.39 Å². The lowest BCUT2D eigenvalue weighted by molar-refractivity contribution is -0.0526. The molecular weight excluding hydrogens is 273 g/mol. The van der Waals surface area contributed by atoms with Gasteiger partial charge in [0.05, 0.1) is 20.3 Å². The maximum absolute atomic E-state index is 14.3. The summed E-state index contributed by atoms with van der Waals surface area (Å²) < 4.78 is 30.3. The zero-order valence-electron chi connectivity index (χ0n) is 12.7. The second-order valence-electron chi connectivity index (χ2n) is 5.20. The molecule has 1 fully saturated rings. The highest BCUT2D eigenvalue weighted by atomic mass is 19.1. The summed E-state index contributed by atoms with van der Waals surface area (Å²) >= 11 is 0. The van der Waals surface area contributed by atoms with Crippen LogP contribution in [0.25, 0.3) is 0 Å². The molecule has 1 heterocycles. The Labute approximate surface area is 125 Å². The predicted octanol–water partition coefficient (Wildman–Crippen LogP) is 2.51. The molecule has 0 bridgehead atoms. The Morgan fingerprint density at radius 1 is 1.38 bits per heavy atom. The maximum Gasteiger partial charge on any atom is 0.168 e. The molecule has 4 nitrogen and oxygen atoms in total. The van der Waals surface area contributed by atoms with Gasteiger partial charge in [-0.05, 0) is 31.0 Å². The minimum absolute atomic E-state index is 0.120. The molecule has 1 atom stereocenters. The minimum Gasteiger partial charge on any atom is -0.494 e. The molecule has 0 radical (unpaired) electrons. The van der Waals surface area contributed by atoms with E-state index in [1.807, 2.05) is 6.07 Å². The summed E-state index contributed by atoms with van der Waals surface area (Å²) in [6.45, 7) is 4.28. The monoisotopic (exact) mass is 297 g/mol. The van der Waals surface area contributed by atoms with Gasteiger partial charge < -0.3 is 19.5 Å². The Balaban J connectivity index is 2.02. The van der Waals surface area contributed by atoms with E-state index in [9.17, 15) is 4.39 Å². The van der Waals surface area contributed by atoms with Gasteiger partial charge in [-0.2, -0.15) is 0 Å². The van der Waals surface area contributed by atoms with Gasteiger partial charge in [0.1, 0.15) is 0 Å². The van der Waals surface area contributed by atoms with E-state index in [1.54, 1.807) is 12.1 Å². The molecule has 1 aromatic carbocycles. The van der Waals surface area contributed by atoms with E-state index < -0.39 is 0 Å². The van der Waals surface area contributed by atoms with Crippen LogP contribution in [0.4, 0.5) is 4.39 Å². The third kappa shape index (κ3) is 4.66. The van der Waals surface area contributed by atoms with Gasteiger partial charge in [0.2, 0.25) is 0 Å². The molecule has 1 aliphatic heterocycles. The first kappa shape index (κ1) is 16.2. The van der Waals surface area contributed by atoms with E-state index in [-0.39, 0.29) is 23.9 Å². The highest BCUT2D eigenvalue weighted by Crippen LogP contribution is 2.22. The van der Waals surface area contributed by atoms with Crippen molar-refractivity contribution >= 4 is 0 Å². The molecule has 0 aromatic heterocycles. The maximum atomic E-state index is 14.3. The van der Waals surface area contributed by atoms with Crippen molar-refractivity contribution in [1.29, 1.82) is 0 Å². The van der Waals surface area contributed by atoms with Gasteiger partial charge in [-0.3, -0.25) is 0 Å². The lowest BCUT2D eigenvalue weighted by Gasteiger charge is -2.22. The summed E-state index contributed by atoms with van der Waals surface area (Å²) in [4.78, 5) is 0. The lowest BCUT2D eigenvalue weighted by Crippen LogP contribution is -2.35. The SMILES string of the molecule is CCCNC(Cc1cccc(OC)c1F)CC1OCCO1. The first-order valence-corrected chi connectivity index (χ1v) is 7.52. The van der Waals surface area contributed by atoms with Crippen LogP contribution in [-0.4, -0.2) is 39.2 Å². The highest BCUT2D eigenvalue weighted by molar-refractivity contribution is 5.31. The van der Waals surface area contributed by atoms with Crippen LogP contribution in [0.2, 0.25) is 0 Å². The molecule has 2 rings (SSSR count). The van der Waals surface area contributed by atoms with E-state index in [4.69, 9.17) is 14.2 Å². The Hall–Kier alpha value is -1.17. The van der Waals surface area contributed by atoms with Crippen molar-refractivity contribution in [2.75, 3.05) is 26.9 Å². The molecule has 0 saturated carbocycles. The van der Waals surface area contributed by atoms with E-state index >= 15 is 0 Å². The van der Waals surface area contributed by atoms with E-state index in [0.29, 0.717) is 25.2 Å². The fourth-order valence-corrected chi connectivity index (χ4v) is 2.50. The number of rotatable bonds is 8. The molecule has 0 spiro atoms.